The predicted octanol–water partition coefficient (Wildman–Crippen LogP) is -1.04. The minimum absolute atomic E-state index is 0.102. The quantitative estimate of drug-likeness (QED) is 0.374. The van der Waals surface area contributed by atoms with Crippen LogP contribution in [-0.2, 0) is 10.0 Å². The number of carbonyl (C=O) groups excluding carboxylic acids is 1. The Morgan fingerprint density at radius 1 is 1.53 bits per heavy atom. The van der Waals surface area contributed by atoms with Gasteiger partial charge in [0.15, 0.2) is 0 Å². The van der Waals surface area contributed by atoms with E-state index in [1.807, 2.05) is 0 Å². The summed E-state index contributed by atoms with van der Waals surface area (Å²) in [5.74, 6) is -0.102. The molecule has 2 bridgehead atoms. The fraction of sp³-hybridized carbons (Fsp3) is 0.750. The van der Waals surface area contributed by atoms with Gasteiger partial charge in [-0.25, -0.2) is 18.3 Å². The van der Waals surface area contributed by atoms with Gasteiger partial charge in [-0.1, -0.05) is 0 Å². The Morgan fingerprint density at radius 3 is 2.76 bits per heavy atom. The van der Waals surface area contributed by atoms with E-state index >= 15 is 0 Å². The number of carbonyl (C=O) groups is 1. The van der Waals surface area contributed by atoms with Crippen molar-refractivity contribution >= 4 is 21.9 Å². The number of nitrogens with zero attached hydrogens (tertiary/aromatic N) is 3. The molecule has 0 aromatic rings. The van der Waals surface area contributed by atoms with Gasteiger partial charge in [0.25, 0.3) is 10.0 Å². The van der Waals surface area contributed by atoms with Crippen molar-refractivity contribution in [3.05, 3.63) is 0 Å². The minimum atomic E-state index is -3.57. The van der Waals surface area contributed by atoms with Crippen LogP contribution in [0.25, 0.3) is 0 Å². The second-order valence-corrected chi connectivity index (χ2v) is 5.92. The highest BCUT2D eigenvalue weighted by Crippen LogP contribution is 2.28. The first-order valence-corrected chi connectivity index (χ1v) is 6.98. The third-order valence-corrected chi connectivity index (χ3v) is 3.50. The zero-order chi connectivity index (χ0) is 12.8. The molecule has 17 heavy (non-hydrogen) atoms. The Balaban J connectivity index is 2.25. The zero-order valence-corrected chi connectivity index (χ0v) is 10.1. The maximum atomic E-state index is 11.6. The Morgan fingerprint density at radius 2 is 2.18 bits per heavy atom. The number of amidine groups is 1. The lowest BCUT2D eigenvalue weighted by Crippen LogP contribution is -2.48. The molecule has 0 aliphatic carbocycles. The number of hydrogen-bond donors (Lipinski definition) is 2. The van der Waals surface area contributed by atoms with Crippen molar-refractivity contribution in [3.8, 4) is 0 Å². The largest absolute Gasteiger partial charge is 0.385 e. The minimum Gasteiger partial charge on any atom is -0.385 e. The summed E-state index contributed by atoms with van der Waals surface area (Å²) in [5.41, 5.74) is 5.60. The first kappa shape index (κ1) is 12.1. The van der Waals surface area contributed by atoms with Crippen LogP contribution in [0.3, 0.4) is 0 Å². The molecular weight excluding hydrogens is 248 g/mol. The molecule has 2 saturated heterocycles. The predicted molar refractivity (Wildman–Crippen MR) is 59.0 cm³/mol. The number of fused-ring (bicyclic) bond motifs is 2. The van der Waals surface area contributed by atoms with Crippen LogP contribution >= 0.6 is 0 Å². The van der Waals surface area contributed by atoms with E-state index in [0.717, 1.165) is 6.26 Å². The lowest BCUT2D eigenvalue weighted by molar-refractivity contribution is -0.0583. The van der Waals surface area contributed by atoms with Gasteiger partial charge in [0.1, 0.15) is 5.84 Å². The number of urea groups is 1. The van der Waals surface area contributed by atoms with Gasteiger partial charge >= 0.3 is 6.03 Å². The number of nitrogens with two attached hydrogens (primary N) is 1. The molecule has 2 atom stereocenters. The van der Waals surface area contributed by atoms with Gasteiger partial charge in [0.05, 0.1) is 18.3 Å². The van der Waals surface area contributed by atoms with Crippen molar-refractivity contribution < 1.29 is 18.4 Å². The van der Waals surface area contributed by atoms with Crippen LogP contribution in [0.4, 0.5) is 4.79 Å². The third-order valence-electron chi connectivity index (χ3n) is 2.96. The van der Waals surface area contributed by atoms with E-state index in [9.17, 15) is 18.4 Å². The van der Waals surface area contributed by atoms with Crippen molar-refractivity contribution in [3.63, 3.8) is 0 Å². The highest BCUT2D eigenvalue weighted by atomic mass is 32.2. The Labute approximate surface area is 98.7 Å². The fourth-order valence-electron chi connectivity index (χ4n) is 2.21. The summed E-state index contributed by atoms with van der Waals surface area (Å²) in [6.45, 7) is 0.347. The van der Waals surface area contributed by atoms with Crippen molar-refractivity contribution in [2.75, 3.05) is 12.8 Å². The molecule has 0 unspecified atom stereocenters. The van der Waals surface area contributed by atoms with Gasteiger partial charge in [0.2, 0.25) is 0 Å². The first-order chi connectivity index (χ1) is 7.79. The van der Waals surface area contributed by atoms with E-state index in [2.05, 4.69) is 4.40 Å². The van der Waals surface area contributed by atoms with Gasteiger partial charge < -0.3 is 10.6 Å². The van der Waals surface area contributed by atoms with Crippen LogP contribution in [0, 0.1) is 0 Å². The Kier molecular flexibility index (Phi) is 2.74. The molecule has 0 radical (unpaired) electrons. The number of piperidine rings is 1. The van der Waals surface area contributed by atoms with Crippen molar-refractivity contribution in [2.24, 2.45) is 10.1 Å². The van der Waals surface area contributed by atoms with Crippen LogP contribution in [0.2, 0.25) is 0 Å². The van der Waals surface area contributed by atoms with Crippen molar-refractivity contribution in [1.82, 2.24) is 9.96 Å². The topological polar surface area (TPSA) is 116 Å². The molecule has 0 aromatic heterocycles. The molecule has 2 fully saturated rings. The van der Waals surface area contributed by atoms with Crippen LogP contribution in [0.5, 0.6) is 0 Å². The number of hydroxylamine groups is 2. The number of rotatable bonds is 2. The summed E-state index contributed by atoms with van der Waals surface area (Å²) in [5, 5.41) is 10.1. The average molecular weight is 262 g/mol. The lowest BCUT2D eigenvalue weighted by Gasteiger charge is -2.29. The van der Waals surface area contributed by atoms with Crippen LogP contribution in [0.1, 0.15) is 12.8 Å². The average Bonchev–Trinajstić information content (AvgIpc) is 2.42. The molecule has 2 heterocycles. The molecule has 9 heteroatoms. The van der Waals surface area contributed by atoms with E-state index in [-0.39, 0.29) is 11.9 Å². The van der Waals surface area contributed by atoms with Gasteiger partial charge in [0, 0.05) is 6.54 Å². The molecule has 0 saturated carbocycles. The monoisotopic (exact) mass is 262 g/mol. The number of hydrogen-bond acceptors (Lipinski definition) is 4. The summed E-state index contributed by atoms with van der Waals surface area (Å²) >= 11 is 0. The Bertz CT molecular complexity index is 474. The summed E-state index contributed by atoms with van der Waals surface area (Å²) in [6.07, 6.45) is 2.01. The highest BCUT2D eigenvalue weighted by molar-refractivity contribution is 7.89. The molecule has 2 rings (SSSR count). The third kappa shape index (κ3) is 2.20. The molecule has 3 N–H and O–H groups in total. The summed E-state index contributed by atoms with van der Waals surface area (Å²) < 4.78 is 25.4. The second kappa shape index (κ2) is 3.84. The van der Waals surface area contributed by atoms with E-state index in [1.165, 1.54) is 4.90 Å². The summed E-state index contributed by atoms with van der Waals surface area (Å²) in [6, 6.07) is -1.33. The van der Waals surface area contributed by atoms with Crippen LogP contribution < -0.4 is 5.73 Å². The molecule has 8 nitrogen and oxygen atoms in total. The van der Waals surface area contributed by atoms with E-state index < -0.39 is 22.1 Å². The molecule has 2 aliphatic heterocycles. The standard InChI is InChI=1S/C8H14N4O4S/c1-17(15,16)10-7(9)6-3-2-5-4-11(6)8(13)12(5)14/h5-6,14H,2-4H2,1H3,(H2,9,10)/t5-,6+/m1/s1. The second-order valence-electron chi connectivity index (χ2n) is 4.28. The molecular formula is C8H14N4O4S. The SMILES string of the molecule is CS(=O)(=O)N=C(N)[C@@H]1CC[C@@H]2CN1C(=O)N2O. The maximum Gasteiger partial charge on any atom is 0.344 e. The summed E-state index contributed by atoms with van der Waals surface area (Å²) in [7, 11) is -3.57. The zero-order valence-electron chi connectivity index (χ0n) is 9.28. The van der Waals surface area contributed by atoms with Crippen molar-refractivity contribution in [1.29, 1.82) is 0 Å². The molecule has 0 spiro atoms. The van der Waals surface area contributed by atoms with E-state index in [0.29, 0.717) is 24.4 Å². The van der Waals surface area contributed by atoms with Crippen molar-refractivity contribution in [2.45, 2.75) is 24.9 Å². The molecule has 2 aliphatic rings. The molecule has 2 amide bonds. The van der Waals surface area contributed by atoms with Gasteiger partial charge in [-0.15, -0.1) is 4.40 Å². The Hall–Kier alpha value is -1.35. The molecule has 96 valence electrons. The van der Waals surface area contributed by atoms with Gasteiger partial charge in [-0.3, -0.25) is 5.21 Å². The van der Waals surface area contributed by atoms with E-state index in [1.54, 1.807) is 0 Å². The number of amides is 2. The van der Waals surface area contributed by atoms with Gasteiger partial charge in [-0.2, -0.15) is 0 Å². The smallest absolute Gasteiger partial charge is 0.344 e. The normalized spacial score (nSPS) is 30.0. The first-order valence-electron chi connectivity index (χ1n) is 5.13. The summed E-state index contributed by atoms with van der Waals surface area (Å²) in [4.78, 5) is 13.0. The number of sulfonamides is 1. The van der Waals surface area contributed by atoms with Gasteiger partial charge in [-0.05, 0) is 12.8 Å². The highest BCUT2D eigenvalue weighted by Gasteiger charge is 2.45. The maximum absolute atomic E-state index is 11.6. The lowest BCUT2D eigenvalue weighted by atomic mass is 10.0. The molecule has 0 aromatic carbocycles. The van der Waals surface area contributed by atoms with E-state index in [4.69, 9.17) is 5.73 Å². The van der Waals surface area contributed by atoms with Crippen LogP contribution in [0.15, 0.2) is 4.40 Å². The fourth-order valence-corrected chi connectivity index (χ4v) is 2.71. The van der Waals surface area contributed by atoms with Crippen LogP contribution in [-0.4, -0.2) is 60.3 Å².